The van der Waals surface area contributed by atoms with Gasteiger partial charge in [-0.15, -0.1) is 5.10 Å². The lowest BCUT2D eigenvalue weighted by molar-refractivity contribution is 0.0691. The number of rotatable bonds is 3. The summed E-state index contributed by atoms with van der Waals surface area (Å²) in [5, 5.41) is 26.2. The van der Waals surface area contributed by atoms with Gasteiger partial charge in [0.15, 0.2) is 5.69 Å². The van der Waals surface area contributed by atoms with E-state index in [-0.39, 0.29) is 11.4 Å². The van der Waals surface area contributed by atoms with Crippen LogP contribution >= 0.6 is 0 Å². The van der Waals surface area contributed by atoms with Gasteiger partial charge in [-0.3, -0.25) is 4.98 Å². The van der Waals surface area contributed by atoms with Crippen molar-refractivity contribution in [2.75, 3.05) is 0 Å². The highest BCUT2D eigenvalue weighted by atomic mass is 16.4. The zero-order valence-electron chi connectivity index (χ0n) is 10.7. The molecule has 3 rings (SSSR count). The molecule has 104 valence electrons. The van der Waals surface area contributed by atoms with Gasteiger partial charge in [-0.25, -0.2) is 9.48 Å². The summed E-state index contributed by atoms with van der Waals surface area (Å²) in [6, 6.07) is 9.66. The summed E-state index contributed by atoms with van der Waals surface area (Å²) < 4.78 is 1.40. The highest BCUT2D eigenvalue weighted by molar-refractivity contribution is 5.92. The van der Waals surface area contributed by atoms with E-state index in [4.69, 9.17) is 0 Å². The number of aromatic nitrogens is 4. The van der Waals surface area contributed by atoms with Gasteiger partial charge in [0.05, 0.1) is 5.69 Å². The number of hydrogen-bond acceptors (Lipinski definition) is 5. The largest absolute Gasteiger partial charge is 0.508 e. The predicted octanol–water partition coefficient (Wildman–Crippen LogP) is 1.73. The Morgan fingerprint density at radius 3 is 2.52 bits per heavy atom. The Bertz CT molecular complexity index is 782. The van der Waals surface area contributed by atoms with E-state index in [2.05, 4.69) is 15.3 Å². The molecule has 0 bridgehead atoms. The van der Waals surface area contributed by atoms with Crippen LogP contribution in [0.1, 0.15) is 10.5 Å². The third-order valence-corrected chi connectivity index (χ3v) is 2.90. The number of nitrogens with zero attached hydrogens (tertiary/aromatic N) is 4. The number of carboxylic acids is 1. The van der Waals surface area contributed by atoms with Crippen LogP contribution in [0.4, 0.5) is 0 Å². The van der Waals surface area contributed by atoms with E-state index in [1.807, 2.05) is 0 Å². The van der Waals surface area contributed by atoms with E-state index in [0.29, 0.717) is 16.9 Å². The van der Waals surface area contributed by atoms with Crippen LogP contribution in [-0.4, -0.2) is 36.2 Å². The van der Waals surface area contributed by atoms with Gasteiger partial charge in [0.1, 0.15) is 11.4 Å². The molecule has 2 N–H and O–H groups in total. The quantitative estimate of drug-likeness (QED) is 0.758. The number of aromatic carboxylic acids is 1. The second-order valence-electron chi connectivity index (χ2n) is 4.26. The molecule has 0 amide bonds. The molecule has 0 aliphatic rings. The standard InChI is InChI=1S/C14H10N4O3/c19-11-5-3-10(4-6-11)18-13(9-2-1-7-15-8-9)12(14(20)21)16-17-18/h1-8,19H,(H,20,21). The number of phenolic OH excluding ortho intramolecular Hbond substituents is 1. The van der Waals surface area contributed by atoms with E-state index in [0.717, 1.165) is 0 Å². The Morgan fingerprint density at radius 2 is 1.90 bits per heavy atom. The number of phenols is 1. The van der Waals surface area contributed by atoms with Crippen molar-refractivity contribution in [1.82, 2.24) is 20.0 Å². The summed E-state index contributed by atoms with van der Waals surface area (Å²) in [7, 11) is 0. The Labute approximate surface area is 119 Å². The molecule has 0 spiro atoms. The number of carbonyl (C=O) groups is 1. The normalized spacial score (nSPS) is 10.5. The maximum Gasteiger partial charge on any atom is 0.358 e. The molecule has 0 atom stereocenters. The van der Waals surface area contributed by atoms with Crippen molar-refractivity contribution in [3.63, 3.8) is 0 Å². The zero-order chi connectivity index (χ0) is 14.8. The molecule has 21 heavy (non-hydrogen) atoms. The fourth-order valence-corrected chi connectivity index (χ4v) is 1.96. The first-order chi connectivity index (χ1) is 10.2. The van der Waals surface area contributed by atoms with E-state index >= 15 is 0 Å². The van der Waals surface area contributed by atoms with E-state index in [1.165, 1.54) is 16.8 Å². The molecule has 2 aromatic heterocycles. The first-order valence-electron chi connectivity index (χ1n) is 6.05. The Hall–Kier alpha value is -3.22. The maximum absolute atomic E-state index is 11.3. The molecule has 0 unspecified atom stereocenters. The molecule has 0 aliphatic carbocycles. The minimum absolute atomic E-state index is 0.111. The highest BCUT2D eigenvalue weighted by Gasteiger charge is 2.21. The average Bonchev–Trinajstić information content (AvgIpc) is 2.94. The molecule has 1 aromatic carbocycles. The molecule has 0 radical (unpaired) electrons. The van der Waals surface area contributed by atoms with Crippen molar-refractivity contribution in [3.05, 3.63) is 54.5 Å². The van der Waals surface area contributed by atoms with Gasteiger partial charge in [0.25, 0.3) is 0 Å². The average molecular weight is 282 g/mol. The lowest BCUT2D eigenvalue weighted by atomic mass is 10.1. The summed E-state index contributed by atoms with van der Waals surface area (Å²) in [5.74, 6) is -1.06. The van der Waals surface area contributed by atoms with Crippen molar-refractivity contribution in [1.29, 1.82) is 0 Å². The second-order valence-corrected chi connectivity index (χ2v) is 4.26. The number of hydrogen-bond donors (Lipinski definition) is 2. The van der Waals surface area contributed by atoms with Crippen LogP contribution in [0.25, 0.3) is 16.9 Å². The van der Waals surface area contributed by atoms with E-state index < -0.39 is 5.97 Å². The molecule has 0 saturated carbocycles. The van der Waals surface area contributed by atoms with Gasteiger partial charge >= 0.3 is 5.97 Å². The van der Waals surface area contributed by atoms with E-state index in [1.54, 1.807) is 36.7 Å². The molecular weight excluding hydrogens is 272 g/mol. The summed E-state index contributed by atoms with van der Waals surface area (Å²) in [6.45, 7) is 0. The molecule has 7 heteroatoms. The Morgan fingerprint density at radius 1 is 1.14 bits per heavy atom. The summed E-state index contributed by atoms with van der Waals surface area (Å²) in [4.78, 5) is 15.3. The van der Waals surface area contributed by atoms with Crippen molar-refractivity contribution in [2.24, 2.45) is 0 Å². The van der Waals surface area contributed by atoms with Crippen LogP contribution in [0.5, 0.6) is 5.75 Å². The summed E-state index contributed by atoms with van der Waals surface area (Å²) in [5.41, 5.74) is 1.36. The van der Waals surface area contributed by atoms with Crippen LogP contribution in [0.3, 0.4) is 0 Å². The minimum atomic E-state index is -1.17. The number of carboxylic acid groups (broad SMARTS) is 1. The summed E-state index contributed by atoms with van der Waals surface area (Å²) in [6.07, 6.45) is 3.14. The van der Waals surface area contributed by atoms with Crippen molar-refractivity contribution >= 4 is 5.97 Å². The summed E-state index contributed by atoms with van der Waals surface area (Å²) >= 11 is 0. The number of benzene rings is 1. The minimum Gasteiger partial charge on any atom is -0.508 e. The maximum atomic E-state index is 11.3. The smallest absolute Gasteiger partial charge is 0.358 e. The molecule has 2 heterocycles. The van der Waals surface area contributed by atoms with Crippen molar-refractivity contribution < 1.29 is 15.0 Å². The van der Waals surface area contributed by atoms with Gasteiger partial charge in [0.2, 0.25) is 0 Å². The molecule has 7 nitrogen and oxygen atoms in total. The molecular formula is C14H10N4O3. The highest BCUT2D eigenvalue weighted by Crippen LogP contribution is 2.25. The molecule has 3 aromatic rings. The fraction of sp³-hybridized carbons (Fsp3) is 0. The van der Waals surface area contributed by atoms with Gasteiger partial charge in [-0.2, -0.15) is 0 Å². The fourth-order valence-electron chi connectivity index (χ4n) is 1.96. The monoisotopic (exact) mass is 282 g/mol. The SMILES string of the molecule is O=C(O)c1nnn(-c2ccc(O)cc2)c1-c1cccnc1. The predicted molar refractivity (Wildman–Crippen MR) is 73.2 cm³/mol. The number of aromatic hydroxyl groups is 1. The van der Waals surface area contributed by atoms with Crippen LogP contribution in [0.2, 0.25) is 0 Å². The lowest BCUT2D eigenvalue weighted by Crippen LogP contribution is -2.03. The van der Waals surface area contributed by atoms with E-state index in [9.17, 15) is 15.0 Å². The number of pyridine rings is 1. The van der Waals surface area contributed by atoms with Crippen LogP contribution in [0.15, 0.2) is 48.8 Å². The van der Waals surface area contributed by atoms with Gasteiger partial charge in [-0.05, 0) is 36.4 Å². The first-order valence-corrected chi connectivity index (χ1v) is 6.05. The Kier molecular flexibility index (Phi) is 3.07. The van der Waals surface area contributed by atoms with Crippen LogP contribution < -0.4 is 0 Å². The van der Waals surface area contributed by atoms with Gasteiger partial charge in [0, 0.05) is 18.0 Å². The third-order valence-electron chi connectivity index (χ3n) is 2.90. The first kappa shape index (κ1) is 12.8. The van der Waals surface area contributed by atoms with Crippen molar-refractivity contribution in [3.8, 4) is 22.7 Å². The molecule has 0 aliphatic heterocycles. The second kappa shape index (κ2) is 5.04. The zero-order valence-corrected chi connectivity index (χ0v) is 10.7. The topological polar surface area (TPSA) is 101 Å². The molecule has 0 fully saturated rings. The molecule has 0 saturated heterocycles. The third kappa shape index (κ3) is 2.32. The van der Waals surface area contributed by atoms with Gasteiger partial charge in [-0.1, -0.05) is 5.21 Å². The van der Waals surface area contributed by atoms with Gasteiger partial charge < -0.3 is 10.2 Å². The van der Waals surface area contributed by atoms with Crippen LogP contribution in [-0.2, 0) is 0 Å². The van der Waals surface area contributed by atoms with Crippen molar-refractivity contribution in [2.45, 2.75) is 0 Å². The lowest BCUT2D eigenvalue weighted by Gasteiger charge is -2.07. The Balaban J connectivity index is 2.22. The van der Waals surface area contributed by atoms with Crippen LogP contribution in [0, 0.1) is 0 Å².